The molecule has 0 atom stereocenters. The van der Waals surface area contributed by atoms with Crippen molar-refractivity contribution in [2.45, 2.75) is 6.92 Å². The third-order valence-electron chi connectivity index (χ3n) is 4.69. The van der Waals surface area contributed by atoms with Crippen LogP contribution in [0.15, 0.2) is 59.0 Å². The molecule has 0 amide bonds. The van der Waals surface area contributed by atoms with Crippen molar-refractivity contribution < 1.29 is 19.4 Å². The van der Waals surface area contributed by atoms with Gasteiger partial charge < -0.3 is 14.6 Å². The smallest absolute Gasteiger partial charge is 0.336 e. The molecule has 0 radical (unpaired) electrons. The summed E-state index contributed by atoms with van der Waals surface area (Å²) in [5.41, 5.74) is 2.32. The van der Waals surface area contributed by atoms with E-state index in [-0.39, 0.29) is 27.0 Å². The van der Waals surface area contributed by atoms with Crippen LogP contribution < -0.4 is 5.43 Å². The van der Waals surface area contributed by atoms with Gasteiger partial charge in [0, 0.05) is 16.5 Å². The first kappa shape index (κ1) is 20.1. The van der Waals surface area contributed by atoms with Crippen LogP contribution in [-0.4, -0.2) is 16.2 Å². The molecular weight excluding hydrogens is 572 g/mol. The van der Waals surface area contributed by atoms with Crippen LogP contribution in [0.1, 0.15) is 15.9 Å². The Morgan fingerprint density at radius 1 is 1.03 bits per heavy atom. The molecule has 2 aromatic rings. The highest BCUT2D eigenvalue weighted by molar-refractivity contribution is 9.11. The third kappa shape index (κ3) is 3.10. The highest BCUT2D eigenvalue weighted by Crippen LogP contribution is 2.48. The molecule has 1 aliphatic heterocycles. The van der Waals surface area contributed by atoms with Crippen LogP contribution >= 0.6 is 47.8 Å². The van der Waals surface area contributed by atoms with E-state index in [0.717, 1.165) is 0 Å². The lowest BCUT2D eigenvalue weighted by atomic mass is 9.90. The average molecular weight is 583 g/mol. The van der Waals surface area contributed by atoms with Gasteiger partial charge in [0.2, 0.25) is 5.43 Å². The highest BCUT2D eigenvalue weighted by Gasteiger charge is 2.27. The van der Waals surface area contributed by atoms with E-state index in [1.54, 1.807) is 37.3 Å². The molecule has 5 nitrogen and oxygen atoms in total. The molecule has 2 N–H and O–H groups in total. The Labute approximate surface area is 189 Å². The lowest BCUT2D eigenvalue weighted by Gasteiger charge is -2.19. The molecule has 0 fully saturated rings. The second-order valence-corrected chi connectivity index (χ2v) is 8.88. The fourth-order valence-electron chi connectivity index (χ4n) is 3.33. The number of carboxylic acid groups (broad SMARTS) is 1. The van der Waals surface area contributed by atoms with E-state index in [1.807, 2.05) is 0 Å². The topological polar surface area (TPSA) is 87.7 Å². The number of hydrogen-bond donors (Lipinski definition) is 2. The van der Waals surface area contributed by atoms with Crippen molar-refractivity contribution in [1.82, 2.24) is 0 Å². The predicted octanol–water partition coefficient (Wildman–Crippen LogP) is 6.56. The van der Waals surface area contributed by atoms with Gasteiger partial charge in [0.15, 0.2) is 11.3 Å². The number of benzene rings is 3. The summed E-state index contributed by atoms with van der Waals surface area (Å²) in [6.07, 6.45) is 0. The monoisotopic (exact) mass is 580 g/mol. The Morgan fingerprint density at radius 3 is 2.41 bits per heavy atom. The first-order valence-electron chi connectivity index (χ1n) is 8.31. The summed E-state index contributed by atoms with van der Waals surface area (Å²) in [5, 5.41) is 20.7. The number of aromatic carboxylic acids is 1. The van der Waals surface area contributed by atoms with Gasteiger partial charge >= 0.3 is 5.97 Å². The fourth-order valence-corrected chi connectivity index (χ4v) is 5.14. The summed E-state index contributed by atoms with van der Waals surface area (Å²) in [7, 11) is 0. The van der Waals surface area contributed by atoms with Crippen molar-refractivity contribution in [3.05, 3.63) is 71.2 Å². The van der Waals surface area contributed by atoms with Gasteiger partial charge in [0.05, 0.1) is 10.0 Å². The van der Waals surface area contributed by atoms with Gasteiger partial charge in [-0.25, -0.2) is 4.79 Å². The first-order chi connectivity index (χ1) is 13.7. The minimum Gasteiger partial charge on any atom is -0.506 e. The first-order valence-corrected chi connectivity index (χ1v) is 10.7. The summed E-state index contributed by atoms with van der Waals surface area (Å²) in [4.78, 5) is 24.3. The Bertz CT molecular complexity index is 1360. The molecule has 1 heterocycles. The number of halogens is 3. The Hall–Kier alpha value is -2.16. The minimum atomic E-state index is -1.07. The lowest BCUT2D eigenvalue weighted by Crippen LogP contribution is -2.07. The molecule has 146 valence electrons. The summed E-state index contributed by atoms with van der Waals surface area (Å²) in [6, 6.07) is 9.99. The molecule has 2 aliphatic rings. The molecule has 0 unspecified atom stereocenters. The molecule has 0 aromatic heterocycles. The molecule has 0 saturated carbocycles. The second kappa shape index (κ2) is 7.27. The molecule has 2 aromatic carbocycles. The van der Waals surface area contributed by atoms with Crippen molar-refractivity contribution in [3.8, 4) is 28.2 Å². The third-order valence-corrected chi connectivity index (χ3v) is 6.73. The molecule has 8 heteroatoms. The average Bonchev–Trinajstić information content (AvgIpc) is 2.69. The van der Waals surface area contributed by atoms with Crippen LogP contribution in [0.25, 0.3) is 33.4 Å². The maximum atomic E-state index is 12.4. The quantitative estimate of drug-likeness (QED) is 0.261. The van der Waals surface area contributed by atoms with Crippen molar-refractivity contribution in [3.63, 3.8) is 0 Å². The van der Waals surface area contributed by atoms with E-state index in [0.29, 0.717) is 42.2 Å². The molecule has 0 bridgehead atoms. The number of carboxylic acids is 1. The van der Waals surface area contributed by atoms with Crippen LogP contribution in [0, 0.1) is 6.92 Å². The molecule has 4 rings (SSSR count). The predicted molar refractivity (Wildman–Crippen MR) is 121 cm³/mol. The lowest BCUT2D eigenvalue weighted by molar-refractivity contribution is 0.0697. The number of phenolic OH excluding ortho intramolecular Hbond substituents is 1. The van der Waals surface area contributed by atoms with Crippen LogP contribution in [0.3, 0.4) is 0 Å². The van der Waals surface area contributed by atoms with Gasteiger partial charge in [-0.1, -0.05) is 18.2 Å². The van der Waals surface area contributed by atoms with Gasteiger partial charge in [-0.05, 0) is 84.0 Å². The Morgan fingerprint density at radius 2 is 1.72 bits per heavy atom. The van der Waals surface area contributed by atoms with E-state index >= 15 is 0 Å². The maximum Gasteiger partial charge on any atom is 0.336 e. The molecule has 29 heavy (non-hydrogen) atoms. The SMILES string of the molecule is Cc1cc2c(-c3ccccc3C(=O)O)c3cc(Br)c(=O)c(Br)c-3oc2c(Br)c1O. The largest absolute Gasteiger partial charge is 0.506 e. The zero-order valence-electron chi connectivity index (χ0n) is 14.7. The van der Waals surface area contributed by atoms with Crippen LogP contribution in [-0.2, 0) is 0 Å². The highest BCUT2D eigenvalue weighted by atomic mass is 79.9. The zero-order chi connectivity index (χ0) is 21.0. The van der Waals surface area contributed by atoms with Gasteiger partial charge in [0.1, 0.15) is 14.7 Å². The van der Waals surface area contributed by atoms with Crippen LogP contribution in [0.5, 0.6) is 5.75 Å². The van der Waals surface area contributed by atoms with E-state index in [9.17, 15) is 19.8 Å². The second-order valence-electron chi connectivity index (χ2n) is 6.44. The molecular formula is C21H11Br3O5. The van der Waals surface area contributed by atoms with Crippen molar-refractivity contribution in [2.24, 2.45) is 0 Å². The van der Waals surface area contributed by atoms with Gasteiger partial charge in [-0.15, -0.1) is 0 Å². The number of rotatable bonds is 2. The van der Waals surface area contributed by atoms with Crippen molar-refractivity contribution >= 4 is 64.7 Å². The van der Waals surface area contributed by atoms with Gasteiger partial charge in [0.25, 0.3) is 0 Å². The summed E-state index contributed by atoms with van der Waals surface area (Å²) in [6.45, 7) is 1.74. The number of fused-ring (bicyclic) bond motifs is 2. The number of aromatic hydroxyl groups is 1. The zero-order valence-corrected chi connectivity index (χ0v) is 19.5. The summed E-state index contributed by atoms with van der Waals surface area (Å²) >= 11 is 9.94. The molecule has 1 aliphatic carbocycles. The summed E-state index contributed by atoms with van der Waals surface area (Å²) < 4.78 is 6.86. The number of aryl methyl sites for hydroxylation is 1. The van der Waals surface area contributed by atoms with Crippen LogP contribution in [0.2, 0.25) is 0 Å². The number of hydrogen-bond acceptors (Lipinski definition) is 4. The Kier molecular flexibility index (Phi) is 5.04. The van der Waals surface area contributed by atoms with E-state index in [2.05, 4.69) is 47.8 Å². The Balaban J connectivity index is 2.34. The molecule has 0 saturated heterocycles. The van der Waals surface area contributed by atoms with E-state index in [1.165, 1.54) is 6.07 Å². The number of phenols is 1. The normalized spacial score (nSPS) is 11.3. The number of carbonyl (C=O) groups is 1. The standard InChI is InChI=1S/C21H11Br3O5/c1-8-6-11-14(9-4-2-3-5-10(9)21(27)28)12-7-13(22)18(26)16(24)20(12)29-19(11)15(23)17(8)25/h2-7,25H,1H3,(H,27,28). The summed E-state index contributed by atoms with van der Waals surface area (Å²) in [5.74, 6) is -0.811. The van der Waals surface area contributed by atoms with E-state index < -0.39 is 5.97 Å². The minimum absolute atomic E-state index is 0.00801. The molecule has 0 spiro atoms. The van der Waals surface area contributed by atoms with Crippen molar-refractivity contribution in [2.75, 3.05) is 0 Å². The fraction of sp³-hybridized carbons (Fsp3) is 0.0476. The van der Waals surface area contributed by atoms with Crippen LogP contribution in [0.4, 0.5) is 0 Å². The van der Waals surface area contributed by atoms with Gasteiger partial charge in [-0.2, -0.15) is 0 Å². The van der Waals surface area contributed by atoms with Gasteiger partial charge in [-0.3, -0.25) is 4.79 Å². The van der Waals surface area contributed by atoms with Crippen molar-refractivity contribution in [1.29, 1.82) is 0 Å². The van der Waals surface area contributed by atoms with E-state index in [4.69, 9.17) is 4.42 Å². The maximum absolute atomic E-state index is 12.4.